The van der Waals surface area contributed by atoms with Crippen LogP contribution in [-0.2, 0) is 9.53 Å². The molecule has 1 atom stereocenters. The number of carbonyl (C=O) groups is 2. The molecule has 1 fully saturated rings. The standard InChI is InChI=1S/C15H28N2O3/c1-6-12-7-9-17(10-8-12)13(18)11(2)16-14(19)20-15(3,4)5/h11-12H,6-10H2,1-5H3,(H,16,19). The van der Waals surface area contributed by atoms with Gasteiger partial charge in [0.1, 0.15) is 11.6 Å². The number of rotatable bonds is 3. The van der Waals surface area contributed by atoms with Gasteiger partial charge >= 0.3 is 6.09 Å². The van der Waals surface area contributed by atoms with E-state index in [2.05, 4.69) is 12.2 Å². The maximum Gasteiger partial charge on any atom is 0.408 e. The van der Waals surface area contributed by atoms with E-state index in [4.69, 9.17) is 4.74 Å². The van der Waals surface area contributed by atoms with E-state index in [1.165, 1.54) is 6.42 Å². The van der Waals surface area contributed by atoms with Crippen LogP contribution in [0.5, 0.6) is 0 Å². The molecule has 0 aromatic rings. The second-order valence-corrected chi connectivity index (χ2v) is 6.54. The average Bonchev–Trinajstić information content (AvgIpc) is 2.35. The van der Waals surface area contributed by atoms with Gasteiger partial charge in [0.05, 0.1) is 0 Å². The minimum absolute atomic E-state index is 0.0228. The zero-order valence-electron chi connectivity index (χ0n) is 13.4. The fourth-order valence-electron chi connectivity index (χ4n) is 2.38. The summed E-state index contributed by atoms with van der Waals surface area (Å²) in [6.07, 6.45) is 2.75. The smallest absolute Gasteiger partial charge is 0.408 e. The molecule has 0 spiro atoms. The second kappa shape index (κ2) is 6.95. The van der Waals surface area contributed by atoms with Crippen molar-refractivity contribution < 1.29 is 14.3 Å². The molecule has 1 heterocycles. The van der Waals surface area contributed by atoms with Gasteiger partial charge in [0.2, 0.25) is 5.91 Å². The Morgan fingerprint density at radius 2 is 1.85 bits per heavy atom. The molecule has 0 aliphatic carbocycles. The average molecular weight is 284 g/mol. The molecular weight excluding hydrogens is 256 g/mol. The third-order valence-corrected chi connectivity index (χ3v) is 3.61. The normalized spacial score (nSPS) is 18.6. The van der Waals surface area contributed by atoms with Crippen molar-refractivity contribution in [2.45, 2.75) is 65.5 Å². The summed E-state index contributed by atoms with van der Waals surface area (Å²) in [6.45, 7) is 10.9. The Kier molecular flexibility index (Phi) is 5.84. The first kappa shape index (κ1) is 16.8. The Morgan fingerprint density at radius 3 is 2.30 bits per heavy atom. The van der Waals surface area contributed by atoms with Crippen LogP contribution >= 0.6 is 0 Å². The number of hydrogen-bond donors (Lipinski definition) is 1. The summed E-state index contributed by atoms with van der Waals surface area (Å²) >= 11 is 0. The van der Waals surface area contributed by atoms with Crippen LogP contribution in [0.25, 0.3) is 0 Å². The SMILES string of the molecule is CCC1CCN(C(=O)C(C)NC(=O)OC(C)(C)C)CC1. The highest BCUT2D eigenvalue weighted by Gasteiger charge is 2.27. The minimum Gasteiger partial charge on any atom is -0.444 e. The predicted molar refractivity (Wildman–Crippen MR) is 78.4 cm³/mol. The van der Waals surface area contributed by atoms with Gasteiger partial charge in [0.25, 0.3) is 0 Å². The summed E-state index contributed by atoms with van der Waals surface area (Å²) in [5.74, 6) is 0.707. The molecule has 0 aromatic carbocycles. The van der Waals surface area contributed by atoms with Crippen molar-refractivity contribution in [3.63, 3.8) is 0 Å². The Morgan fingerprint density at radius 1 is 1.30 bits per heavy atom. The molecule has 0 bridgehead atoms. The number of nitrogens with one attached hydrogen (secondary N) is 1. The topological polar surface area (TPSA) is 58.6 Å². The first-order valence-corrected chi connectivity index (χ1v) is 7.51. The van der Waals surface area contributed by atoms with Crippen LogP contribution in [0.3, 0.4) is 0 Å². The van der Waals surface area contributed by atoms with Crippen molar-refractivity contribution in [2.24, 2.45) is 5.92 Å². The van der Waals surface area contributed by atoms with Crippen molar-refractivity contribution in [2.75, 3.05) is 13.1 Å². The van der Waals surface area contributed by atoms with Crippen LogP contribution < -0.4 is 5.32 Å². The first-order chi connectivity index (χ1) is 9.23. The van der Waals surface area contributed by atoms with E-state index >= 15 is 0 Å². The van der Waals surface area contributed by atoms with E-state index in [1.807, 2.05) is 4.90 Å². The fraction of sp³-hybridized carbons (Fsp3) is 0.867. The van der Waals surface area contributed by atoms with Gasteiger partial charge in [0, 0.05) is 13.1 Å². The zero-order chi connectivity index (χ0) is 15.3. The van der Waals surface area contributed by atoms with Crippen molar-refractivity contribution in [3.05, 3.63) is 0 Å². The molecule has 2 amide bonds. The predicted octanol–water partition coefficient (Wildman–Crippen LogP) is 2.55. The summed E-state index contributed by atoms with van der Waals surface area (Å²) in [4.78, 5) is 25.7. The molecule has 0 aromatic heterocycles. The third kappa shape index (κ3) is 5.39. The summed E-state index contributed by atoms with van der Waals surface area (Å²) < 4.78 is 5.16. The Hall–Kier alpha value is -1.26. The van der Waals surface area contributed by atoms with Crippen LogP contribution in [0.2, 0.25) is 0 Å². The van der Waals surface area contributed by atoms with Crippen molar-refractivity contribution in [3.8, 4) is 0 Å². The number of amides is 2. The lowest BCUT2D eigenvalue weighted by Gasteiger charge is -2.33. The molecular formula is C15H28N2O3. The first-order valence-electron chi connectivity index (χ1n) is 7.51. The molecule has 116 valence electrons. The van der Waals surface area contributed by atoms with Gasteiger partial charge in [-0.25, -0.2) is 4.79 Å². The monoisotopic (exact) mass is 284 g/mol. The quantitative estimate of drug-likeness (QED) is 0.866. The number of ether oxygens (including phenoxy) is 1. The molecule has 20 heavy (non-hydrogen) atoms. The number of hydrogen-bond acceptors (Lipinski definition) is 3. The number of carbonyl (C=O) groups excluding carboxylic acids is 2. The molecule has 1 unspecified atom stereocenters. The molecule has 1 N–H and O–H groups in total. The van der Waals surface area contributed by atoms with E-state index in [0.717, 1.165) is 31.8 Å². The van der Waals surface area contributed by atoms with E-state index in [0.29, 0.717) is 0 Å². The number of piperidine rings is 1. The van der Waals surface area contributed by atoms with Crippen LogP contribution in [0.4, 0.5) is 4.79 Å². The fourth-order valence-corrected chi connectivity index (χ4v) is 2.38. The number of nitrogens with zero attached hydrogens (tertiary/aromatic N) is 1. The molecule has 0 saturated carbocycles. The van der Waals surface area contributed by atoms with Crippen LogP contribution in [0.1, 0.15) is 53.9 Å². The lowest BCUT2D eigenvalue weighted by Crippen LogP contribution is -2.50. The Bertz CT molecular complexity index is 342. The van der Waals surface area contributed by atoms with Crippen LogP contribution in [0, 0.1) is 5.92 Å². The summed E-state index contributed by atoms with van der Waals surface area (Å²) in [5.41, 5.74) is -0.549. The van der Waals surface area contributed by atoms with Crippen molar-refractivity contribution >= 4 is 12.0 Å². The van der Waals surface area contributed by atoms with E-state index in [-0.39, 0.29) is 5.91 Å². The molecule has 1 aliphatic heterocycles. The van der Waals surface area contributed by atoms with Gasteiger partial charge in [-0.05, 0) is 46.5 Å². The highest BCUT2D eigenvalue weighted by Crippen LogP contribution is 2.20. The molecule has 0 radical (unpaired) electrons. The molecule has 1 aliphatic rings. The van der Waals surface area contributed by atoms with Crippen LogP contribution in [0.15, 0.2) is 0 Å². The number of likely N-dealkylation sites (tertiary alicyclic amines) is 1. The minimum atomic E-state index is -0.549. The maximum atomic E-state index is 12.2. The lowest BCUT2D eigenvalue weighted by atomic mass is 9.94. The molecule has 1 rings (SSSR count). The Balaban J connectivity index is 2.41. The summed E-state index contributed by atoms with van der Waals surface area (Å²) in [7, 11) is 0. The molecule has 5 nitrogen and oxygen atoms in total. The Labute approximate surface area is 122 Å². The highest BCUT2D eigenvalue weighted by molar-refractivity contribution is 5.85. The van der Waals surface area contributed by atoms with Gasteiger partial charge < -0.3 is 15.0 Å². The van der Waals surface area contributed by atoms with Gasteiger partial charge in [-0.15, -0.1) is 0 Å². The molecule has 1 saturated heterocycles. The zero-order valence-corrected chi connectivity index (χ0v) is 13.4. The maximum absolute atomic E-state index is 12.2. The van der Waals surface area contributed by atoms with Gasteiger partial charge in [0.15, 0.2) is 0 Å². The van der Waals surface area contributed by atoms with Crippen molar-refractivity contribution in [1.29, 1.82) is 0 Å². The van der Waals surface area contributed by atoms with Crippen molar-refractivity contribution in [1.82, 2.24) is 10.2 Å². The molecule has 5 heteroatoms. The van der Waals surface area contributed by atoms with Crippen LogP contribution in [-0.4, -0.2) is 41.6 Å². The number of alkyl carbamates (subject to hydrolysis) is 1. The van der Waals surface area contributed by atoms with E-state index in [1.54, 1.807) is 27.7 Å². The van der Waals surface area contributed by atoms with E-state index < -0.39 is 17.7 Å². The highest BCUT2D eigenvalue weighted by atomic mass is 16.6. The van der Waals surface area contributed by atoms with Gasteiger partial charge in [-0.1, -0.05) is 13.3 Å². The lowest BCUT2D eigenvalue weighted by molar-refractivity contribution is -0.134. The van der Waals surface area contributed by atoms with Gasteiger partial charge in [-0.3, -0.25) is 4.79 Å². The third-order valence-electron chi connectivity index (χ3n) is 3.61. The summed E-state index contributed by atoms with van der Waals surface area (Å²) in [6, 6.07) is -0.539. The largest absolute Gasteiger partial charge is 0.444 e. The second-order valence-electron chi connectivity index (χ2n) is 6.54. The van der Waals surface area contributed by atoms with E-state index in [9.17, 15) is 9.59 Å². The summed E-state index contributed by atoms with van der Waals surface area (Å²) in [5, 5.41) is 2.61. The van der Waals surface area contributed by atoms with Gasteiger partial charge in [-0.2, -0.15) is 0 Å².